The highest BCUT2D eigenvalue weighted by Crippen LogP contribution is 2.39. The minimum Gasteiger partial charge on any atom is -0.381 e. The van der Waals surface area contributed by atoms with Gasteiger partial charge in [0.05, 0.1) is 22.5 Å². The minimum atomic E-state index is -1.42. The Kier molecular flexibility index (Phi) is 6.18. The number of fused-ring (bicyclic) bond motifs is 1. The third kappa shape index (κ3) is 4.43. The van der Waals surface area contributed by atoms with Crippen LogP contribution in [0, 0.1) is 11.3 Å². The normalized spacial score (nSPS) is 18.2. The smallest absolute Gasteiger partial charge is 0.254 e. The van der Waals surface area contributed by atoms with Gasteiger partial charge in [-0.05, 0) is 69.7 Å². The topological polar surface area (TPSA) is 98.3 Å². The summed E-state index contributed by atoms with van der Waals surface area (Å²) in [6.45, 7) is 8.22. The largest absolute Gasteiger partial charge is 0.381 e. The average Bonchev–Trinajstić information content (AvgIpc) is 3.29. The first-order valence-corrected chi connectivity index (χ1v) is 12.4. The lowest BCUT2D eigenvalue weighted by Gasteiger charge is -2.46. The predicted molar refractivity (Wildman–Crippen MR) is 143 cm³/mol. The Morgan fingerprint density at radius 2 is 1.84 bits per heavy atom. The van der Waals surface area contributed by atoms with Crippen LogP contribution in [0.1, 0.15) is 33.3 Å². The summed E-state index contributed by atoms with van der Waals surface area (Å²) in [5, 5.41) is 20.8. The molecule has 0 spiro atoms. The molecule has 1 aliphatic heterocycles. The fraction of sp³-hybridized carbons (Fsp3) is 0.310. The maximum atomic E-state index is 12.9. The summed E-state index contributed by atoms with van der Waals surface area (Å²) < 4.78 is 2.10. The molecule has 1 aliphatic rings. The number of carbonyl (C=O) groups excluding carboxylic acids is 1. The van der Waals surface area contributed by atoms with E-state index in [0.29, 0.717) is 18.7 Å². The molecule has 1 aromatic carbocycles. The molecular weight excluding hydrogens is 464 g/mol. The number of nitriles is 1. The number of aliphatic hydroxyl groups is 1. The predicted octanol–water partition coefficient (Wildman–Crippen LogP) is 4.16. The van der Waals surface area contributed by atoms with Crippen molar-refractivity contribution >= 4 is 22.6 Å². The van der Waals surface area contributed by atoms with Crippen molar-refractivity contribution in [3.8, 4) is 22.9 Å². The van der Waals surface area contributed by atoms with Crippen molar-refractivity contribution in [3.63, 3.8) is 0 Å². The van der Waals surface area contributed by atoms with Crippen LogP contribution in [-0.4, -0.2) is 61.2 Å². The molecule has 3 aromatic heterocycles. The Hall–Kier alpha value is -4.22. The Balaban J connectivity index is 1.66. The van der Waals surface area contributed by atoms with Gasteiger partial charge in [0.25, 0.3) is 5.91 Å². The van der Waals surface area contributed by atoms with E-state index in [1.807, 2.05) is 49.5 Å². The number of hydrogen-bond acceptors (Lipinski definition) is 6. The molecule has 4 heterocycles. The van der Waals surface area contributed by atoms with E-state index in [-0.39, 0.29) is 18.0 Å². The van der Waals surface area contributed by atoms with Crippen molar-refractivity contribution in [3.05, 3.63) is 72.8 Å². The molecule has 1 fully saturated rings. The van der Waals surface area contributed by atoms with E-state index in [1.54, 1.807) is 23.4 Å². The van der Waals surface area contributed by atoms with Crippen molar-refractivity contribution in [2.24, 2.45) is 0 Å². The van der Waals surface area contributed by atoms with Gasteiger partial charge in [-0.25, -0.2) is 4.98 Å². The Labute approximate surface area is 216 Å². The van der Waals surface area contributed by atoms with Gasteiger partial charge in [-0.2, -0.15) is 5.26 Å². The third-order valence-corrected chi connectivity index (χ3v) is 6.98. The van der Waals surface area contributed by atoms with E-state index in [1.165, 1.54) is 13.8 Å². The number of pyridine rings is 2. The monoisotopic (exact) mass is 494 g/mol. The fourth-order valence-electron chi connectivity index (χ4n) is 5.13. The van der Waals surface area contributed by atoms with E-state index < -0.39 is 5.60 Å². The van der Waals surface area contributed by atoms with Crippen molar-refractivity contribution in [2.45, 2.75) is 45.4 Å². The zero-order valence-corrected chi connectivity index (χ0v) is 21.5. The second-order valence-electron chi connectivity index (χ2n) is 10.2. The Morgan fingerprint density at radius 3 is 2.54 bits per heavy atom. The summed E-state index contributed by atoms with van der Waals surface area (Å²) in [6, 6.07) is 15.6. The maximum Gasteiger partial charge on any atom is 0.254 e. The van der Waals surface area contributed by atoms with E-state index in [4.69, 9.17) is 4.98 Å². The fourth-order valence-corrected chi connectivity index (χ4v) is 5.13. The summed E-state index contributed by atoms with van der Waals surface area (Å²) in [5.41, 5.74) is 3.07. The molecule has 0 saturated carbocycles. The van der Waals surface area contributed by atoms with Crippen molar-refractivity contribution in [2.75, 3.05) is 18.0 Å². The van der Waals surface area contributed by atoms with Crippen LogP contribution in [0.25, 0.3) is 27.7 Å². The molecule has 0 bridgehead atoms. The van der Waals surface area contributed by atoms with Crippen LogP contribution in [0.15, 0.2) is 67.3 Å². The highest BCUT2D eigenvalue weighted by molar-refractivity contribution is 6.04. The summed E-state index contributed by atoms with van der Waals surface area (Å²) in [6.07, 6.45) is 7.45. The molecule has 1 saturated heterocycles. The van der Waals surface area contributed by atoms with Gasteiger partial charge < -0.3 is 19.5 Å². The summed E-state index contributed by atoms with van der Waals surface area (Å²) in [4.78, 5) is 26.0. The molecule has 8 heteroatoms. The molecule has 1 amide bonds. The quantitative estimate of drug-likeness (QED) is 0.458. The van der Waals surface area contributed by atoms with E-state index in [9.17, 15) is 15.2 Å². The van der Waals surface area contributed by atoms with Gasteiger partial charge in [-0.1, -0.05) is 6.07 Å². The van der Waals surface area contributed by atoms with Gasteiger partial charge in [0.15, 0.2) is 0 Å². The second-order valence-corrected chi connectivity index (χ2v) is 10.2. The highest BCUT2D eigenvalue weighted by Gasteiger charge is 2.38. The summed E-state index contributed by atoms with van der Waals surface area (Å²) in [7, 11) is 0. The maximum absolute atomic E-state index is 12.9. The van der Waals surface area contributed by atoms with E-state index in [0.717, 1.165) is 33.5 Å². The van der Waals surface area contributed by atoms with Crippen LogP contribution in [0.4, 0.5) is 5.82 Å². The van der Waals surface area contributed by atoms with E-state index >= 15 is 0 Å². The molecule has 37 heavy (non-hydrogen) atoms. The van der Waals surface area contributed by atoms with Crippen molar-refractivity contribution < 1.29 is 9.90 Å². The first kappa shape index (κ1) is 24.5. The molecule has 5 rings (SSSR count). The highest BCUT2D eigenvalue weighted by atomic mass is 16.3. The van der Waals surface area contributed by atoms with Gasteiger partial charge in [0.1, 0.15) is 11.4 Å². The minimum absolute atomic E-state index is 0.0174. The lowest BCUT2D eigenvalue weighted by molar-refractivity contribution is -0.151. The van der Waals surface area contributed by atoms with Crippen LogP contribution in [0.3, 0.4) is 0 Å². The average molecular weight is 495 g/mol. The van der Waals surface area contributed by atoms with Crippen LogP contribution in [-0.2, 0) is 4.79 Å². The standard InChI is InChI=1S/C29H30N6O2/c1-19-17-34(28(36)29(3,4)37)20(2)16-33(19)27-26-24(22-8-11-31-12-9-22)18-35(25(26)10-13-32-27)23-7-5-6-21(14-23)15-30/h5-14,18-20,37H,16-17H2,1-4H3/t19-,20+/m0/s1. The van der Waals surface area contributed by atoms with Gasteiger partial charge in [-0.3, -0.25) is 9.78 Å². The molecule has 1 N–H and O–H groups in total. The Bertz CT molecular complexity index is 1500. The number of piperazine rings is 1. The van der Waals surface area contributed by atoms with Gasteiger partial charge in [0.2, 0.25) is 0 Å². The number of aromatic nitrogens is 3. The van der Waals surface area contributed by atoms with Crippen LogP contribution >= 0.6 is 0 Å². The van der Waals surface area contributed by atoms with Gasteiger partial charge >= 0.3 is 0 Å². The summed E-state index contributed by atoms with van der Waals surface area (Å²) in [5.74, 6) is 0.577. The molecule has 0 aliphatic carbocycles. The number of rotatable bonds is 4. The molecule has 8 nitrogen and oxygen atoms in total. The van der Waals surface area contributed by atoms with Crippen molar-refractivity contribution in [1.82, 2.24) is 19.4 Å². The zero-order valence-electron chi connectivity index (χ0n) is 21.5. The summed E-state index contributed by atoms with van der Waals surface area (Å²) >= 11 is 0. The van der Waals surface area contributed by atoms with E-state index in [2.05, 4.69) is 33.6 Å². The first-order chi connectivity index (χ1) is 17.7. The van der Waals surface area contributed by atoms with Gasteiger partial charge in [0, 0.05) is 61.2 Å². The molecule has 2 atom stereocenters. The molecule has 0 unspecified atom stereocenters. The lowest BCUT2D eigenvalue weighted by Crippen LogP contribution is -2.61. The second kappa shape index (κ2) is 9.34. The molecule has 0 radical (unpaired) electrons. The van der Waals surface area contributed by atoms with Crippen molar-refractivity contribution in [1.29, 1.82) is 5.26 Å². The number of carbonyl (C=O) groups is 1. The van der Waals surface area contributed by atoms with Gasteiger partial charge in [-0.15, -0.1) is 0 Å². The van der Waals surface area contributed by atoms with Crippen LogP contribution < -0.4 is 4.90 Å². The number of benzene rings is 1. The molecular formula is C29H30N6O2. The zero-order chi connectivity index (χ0) is 26.3. The number of nitrogens with zero attached hydrogens (tertiary/aromatic N) is 6. The third-order valence-electron chi connectivity index (χ3n) is 6.98. The number of anilines is 1. The Morgan fingerprint density at radius 1 is 1.08 bits per heavy atom. The van der Waals surface area contributed by atoms with Crippen LogP contribution in [0.2, 0.25) is 0 Å². The number of hydrogen-bond donors (Lipinski definition) is 1. The van der Waals surface area contributed by atoms with Crippen LogP contribution in [0.5, 0.6) is 0 Å². The first-order valence-electron chi connectivity index (χ1n) is 12.4. The number of amides is 1. The molecule has 188 valence electrons. The molecule has 4 aromatic rings. The SMILES string of the molecule is C[C@@H]1CN(c2nccc3c2c(-c2ccncc2)cn3-c2cccc(C#N)c2)[C@@H](C)CN1C(=O)C(C)(C)O. The lowest BCUT2D eigenvalue weighted by atomic mass is 10.0.